The topological polar surface area (TPSA) is 74.2 Å². The minimum absolute atomic E-state index is 0. The lowest BCUT2D eigenvalue weighted by atomic mass is 9.99. The van der Waals surface area contributed by atoms with Crippen LogP contribution in [0.1, 0.15) is 36.4 Å². The van der Waals surface area contributed by atoms with E-state index in [0.29, 0.717) is 18.3 Å². The van der Waals surface area contributed by atoms with Crippen LogP contribution in [0.2, 0.25) is 0 Å². The van der Waals surface area contributed by atoms with Gasteiger partial charge in [-0.15, -0.1) is 23.7 Å². The van der Waals surface area contributed by atoms with E-state index in [4.69, 9.17) is 15.0 Å². The summed E-state index contributed by atoms with van der Waals surface area (Å²) in [6, 6.07) is 11.8. The van der Waals surface area contributed by atoms with Crippen LogP contribution in [-0.2, 0) is 12.1 Å². The zero-order valence-electron chi connectivity index (χ0n) is 13.7. The van der Waals surface area contributed by atoms with Crippen molar-refractivity contribution in [3.63, 3.8) is 0 Å². The minimum atomic E-state index is -0.435. The van der Waals surface area contributed by atoms with Crippen molar-refractivity contribution in [2.45, 2.75) is 37.8 Å². The highest BCUT2D eigenvalue weighted by Gasteiger charge is 2.36. The number of hydrogen-bond acceptors (Lipinski definition) is 6. The Morgan fingerprint density at radius 3 is 2.80 bits per heavy atom. The summed E-state index contributed by atoms with van der Waals surface area (Å²) in [4.78, 5) is 5.72. The van der Waals surface area contributed by atoms with Gasteiger partial charge in [-0.1, -0.05) is 30.1 Å². The number of halogens is 1. The fourth-order valence-electron chi connectivity index (χ4n) is 3.04. The number of nitrogens with two attached hydrogens (primary N) is 1. The number of hydrogen-bond donors (Lipinski definition) is 1. The molecule has 25 heavy (non-hydrogen) atoms. The molecule has 1 aliphatic rings. The Bertz CT molecular complexity index is 813. The van der Waals surface area contributed by atoms with Crippen LogP contribution in [0.25, 0.3) is 11.5 Å². The van der Waals surface area contributed by atoms with E-state index < -0.39 is 5.54 Å². The van der Waals surface area contributed by atoms with Gasteiger partial charge in [0.1, 0.15) is 12.4 Å². The Morgan fingerprint density at radius 1 is 1.20 bits per heavy atom. The molecule has 2 aromatic heterocycles. The number of ether oxygens (including phenoxy) is 1. The molecule has 2 N–H and O–H groups in total. The van der Waals surface area contributed by atoms with Gasteiger partial charge in [0, 0.05) is 10.4 Å². The second-order valence-corrected chi connectivity index (χ2v) is 7.21. The van der Waals surface area contributed by atoms with Gasteiger partial charge in [0.2, 0.25) is 0 Å². The first kappa shape index (κ1) is 17.9. The molecule has 0 saturated heterocycles. The Kier molecular flexibility index (Phi) is 5.42. The number of benzene rings is 1. The molecule has 7 heteroatoms. The van der Waals surface area contributed by atoms with Crippen LogP contribution in [0.5, 0.6) is 5.75 Å². The third-order valence-corrected chi connectivity index (χ3v) is 5.26. The van der Waals surface area contributed by atoms with Crippen LogP contribution < -0.4 is 10.5 Å². The van der Waals surface area contributed by atoms with Gasteiger partial charge < -0.3 is 15.0 Å². The third kappa shape index (κ3) is 3.86. The molecule has 0 bridgehead atoms. The number of nitrogens with zero attached hydrogens (tertiary/aromatic N) is 2. The Labute approximate surface area is 156 Å². The molecule has 1 saturated carbocycles. The van der Waals surface area contributed by atoms with E-state index in [0.717, 1.165) is 37.0 Å². The van der Waals surface area contributed by atoms with E-state index in [1.807, 2.05) is 35.7 Å². The average molecular weight is 378 g/mol. The van der Waals surface area contributed by atoms with Gasteiger partial charge in [-0.05, 0) is 42.5 Å². The molecule has 4 rings (SSSR count). The van der Waals surface area contributed by atoms with E-state index in [1.54, 1.807) is 11.3 Å². The molecule has 0 atom stereocenters. The van der Waals surface area contributed by atoms with Crippen molar-refractivity contribution in [3.05, 3.63) is 52.5 Å². The van der Waals surface area contributed by atoms with Gasteiger partial charge in [-0.3, -0.25) is 0 Å². The van der Waals surface area contributed by atoms with Gasteiger partial charge in [0.15, 0.2) is 5.82 Å². The highest BCUT2D eigenvalue weighted by Crippen LogP contribution is 2.35. The molecule has 0 amide bonds. The van der Waals surface area contributed by atoms with Gasteiger partial charge in [-0.25, -0.2) is 0 Å². The lowest BCUT2D eigenvalue weighted by Gasteiger charge is -2.17. The summed E-state index contributed by atoms with van der Waals surface area (Å²) in [5.41, 5.74) is 6.81. The van der Waals surface area contributed by atoms with Crippen molar-refractivity contribution in [2.75, 3.05) is 0 Å². The monoisotopic (exact) mass is 377 g/mol. The van der Waals surface area contributed by atoms with Crippen LogP contribution in [0, 0.1) is 0 Å². The summed E-state index contributed by atoms with van der Waals surface area (Å²) < 4.78 is 11.3. The molecule has 2 heterocycles. The fraction of sp³-hybridized carbons (Fsp3) is 0.333. The van der Waals surface area contributed by atoms with Gasteiger partial charge in [0.25, 0.3) is 5.89 Å². The molecule has 0 spiro atoms. The van der Waals surface area contributed by atoms with Crippen LogP contribution in [0.4, 0.5) is 0 Å². The van der Waals surface area contributed by atoms with Crippen LogP contribution in [-0.4, -0.2) is 10.1 Å². The van der Waals surface area contributed by atoms with Crippen molar-refractivity contribution in [1.29, 1.82) is 0 Å². The molecule has 0 unspecified atom stereocenters. The zero-order valence-corrected chi connectivity index (χ0v) is 15.3. The molecule has 0 aliphatic heterocycles. The standard InChI is InChI=1S/C18H19N3O2S.ClH/c19-18(8-1-2-9-18)17-20-16(23-21-17)13-5-3-6-14(11-13)22-12-15-7-4-10-24-15;/h3-7,10-11H,1-2,8-9,12,19H2;1H. The van der Waals surface area contributed by atoms with Crippen molar-refractivity contribution in [3.8, 4) is 17.2 Å². The third-order valence-electron chi connectivity index (χ3n) is 4.41. The molecule has 5 nitrogen and oxygen atoms in total. The number of thiophene rings is 1. The van der Waals surface area contributed by atoms with E-state index in [-0.39, 0.29) is 12.4 Å². The molecule has 132 valence electrons. The summed E-state index contributed by atoms with van der Waals surface area (Å²) in [6.45, 7) is 0.558. The van der Waals surface area contributed by atoms with E-state index in [2.05, 4.69) is 16.2 Å². The molecular formula is C18H20ClN3O2S. The molecule has 1 aromatic carbocycles. The Balaban J connectivity index is 0.00000182. The first-order valence-electron chi connectivity index (χ1n) is 8.12. The summed E-state index contributed by atoms with van der Waals surface area (Å²) >= 11 is 1.68. The summed E-state index contributed by atoms with van der Waals surface area (Å²) in [5, 5.41) is 6.15. The Morgan fingerprint density at radius 2 is 2.04 bits per heavy atom. The lowest BCUT2D eigenvalue weighted by molar-refractivity contribution is 0.310. The SMILES string of the molecule is Cl.NC1(c2noc(-c3cccc(OCc4cccs4)c3)n2)CCCC1. The average Bonchev–Trinajstić information content (AvgIpc) is 3.35. The van der Waals surface area contributed by atoms with Gasteiger partial charge >= 0.3 is 0 Å². The molecule has 0 radical (unpaired) electrons. The lowest BCUT2D eigenvalue weighted by Crippen LogP contribution is -2.34. The quantitative estimate of drug-likeness (QED) is 0.707. The smallest absolute Gasteiger partial charge is 0.258 e. The molecule has 3 aromatic rings. The number of rotatable bonds is 5. The Hall–Kier alpha value is -1.89. The predicted octanol–water partition coefficient (Wildman–Crippen LogP) is 4.53. The normalized spacial score (nSPS) is 15.7. The highest BCUT2D eigenvalue weighted by molar-refractivity contribution is 7.09. The van der Waals surface area contributed by atoms with Gasteiger partial charge in [-0.2, -0.15) is 4.98 Å². The van der Waals surface area contributed by atoms with Crippen molar-refractivity contribution < 1.29 is 9.26 Å². The predicted molar refractivity (Wildman–Crippen MR) is 100.0 cm³/mol. The van der Waals surface area contributed by atoms with Crippen molar-refractivity contribution >= 4 is 23.7 Å². The van der Waals surface area contributed by atoms with Crippen molar-refractivity contribution in [2.24, 2.45) is 5.73 Å². The second kappa shape index (κ2) is 7.56. The summed E-state index contributed by atoms with van der Waals surface area (Å²) in [6.07, 6.45) is 4.06. The zero-order chi connectivity index (χ0) is 16.4. The first-order valence-corrected chi connectivity index (χ1v) is 9.00. The van der Waals surface area contributed by atoms with E-state index in [9.17, 15) is 0 Å². The van der Waals surface area contributed by atoms with E-state index >= 15 is 0 Å². The van der Waals surface area contributed by atoms with Crippen LogP contribution in [0.3, 0.4) is 0 Å². The number of aromatic nitrogens is 2. The summed E-state index contributed by atoms with van der Waals surface area (Å²) in [5.74, 6) is 1.88. The maximum atomic E-state index is 6.40. The first-order chi connectivity index (χ1) is 11.7. The second-order valence-electron chi connectivity index (χ2n) is 6.18. The highest BCUT2D eigenvalue weighted by atomic mass is 35.5. The van der Waals surface area contributed by atoms with Gasteiger partial charge in [0.05, 0.1) is 5.54 Å². The largest absolute Gasteiger partial charge is 0.488 e. The summed E-state index contributed by atoms with van der Waals surface area (Å²) in [7, 11) is 0. The van der Waals surface area contributed by atoms with Crippen LogP contribution in [0.15, 0.2) is 46.3 Å². The molecule has 1 aliphatic carbocycles. The maximum Gasteiger partial charge on any atom is 0.258 e. The molecule has 1 fully saturated rings. The minimum Gasteiger partial charge on any atom is -0.488 e. The van der Waals surface area contributed by atoms with Crippen molar-refractivity contribution in [1.82, 2.24) is 10.1 Å². The maximum absolute atomic E-state index is 6.40. The molecular weight excluding hydrogens is 358 g/mol. The fourth-order valence-corrected chi connectivity index (χ4v) is 3.66. The van der Waals surface area contributed by atoms with E-state index in [1.165, 1.54) is 4.88 Å². The van der Waals surface area contributed by atoms with Crippen LogP contribution >= 0.6 is 23.7 Å².